The number of Topliss-reactive ketones (excluding diaryl/α,β-unsaturated/α-hetero) is 1. The van der Waals surface area contributed by atoms with Gasteiger partial charge in [-0.2, -0.15) is 8.78 Å². The van der Waals surface area contributed by atoms with E-state index in [0.29, 0.717) is 11.3 Å². The van der Waals surface area contributed by atoms with Gasteiger partial charge in [0.2, 0.25) is 0 Å². The van der Waals surface area contributed by atoms with E-state index in [1.807, 2.05) is 0 Å². The molecule has 0 spiro atoms. The van der Waals surface area contributed by atoms with Crippen LogP contribution in [0.2, 0.25) is 0 Å². The standard InChI is InChI=1S/C13H14F4O3/c1-8-5-9(19-2)3-4-10(8)11(18)6-20-7-13(16,17)12(14)15/h3-5,12H,6-7H2,1-2H3. The first-order valence-corrected chi connectivity index (χ1v) is 5.69. The first-order valence-electron chi connectivity index (χ1n) is 5.69. The number of hydrogen-bond acceptors (Lipinski definition) is 3. The second-order valence-corrected chi connectivity index (χ2v) is 4.16. The van der Waals surface area contributed by atoms with Crippen molar-refractivity contribution in [3.05, 3.63) is 29.3 Å². The number of aryl methyl sites for hydroxylation is 1. The van der Waals surface area contributed by atoms with Gasteiger partial charge in [0.25, 0.3) is 0 Å². The Kier molecular flexibility index (Phi) is 5.50. The maximum Gasteiger partial charge on any atom is 0.330 e. The molecule has 20 heavy (non-hydrogen) atoms. The van der Waals surface area contributed by atoms with Gasteiger partial charge in [0, 0.05) is 5.56 Å². The quantitative estimate of drug-likeness (QED) is 0.572. The number of ether oxygens (including phenoxy) is 2. The third-order valence-corrected chi connectivity index (χ3v) is 2.58. The van der Waals surface area contributed by atoms with Crippen LogP contribution in [0, 0.1) is 6.92 Å². The van der Waals surface area contributed by atoms with Crippen LogP contribution in [0.25, 0.3) is 0 Å². The number of methoxy groups -OCH3 is 1. The predicted octanol–water partition coefficient (Wildman–Crippen LogP) is 3.10. The molecule has 0 amide bonds. The summed E-state index contributed by atoms with van der Waals surface area (Å²) < 4.78 is 58.2. The lowest BCUT2D eigenvalue weighted by Gasteiger charge is -2.15. The minimum Gasteiger partial charge on any atom is -0.497 e. The molecule has 0 aliphatic heterocycles. The van der Waals surface area contributed by atoms with Crippen LogP contribution >= 0.6 is 0 Å². The Hall–Kier alpha value is -1.63. The Morgan fingerprint density at radius 3 is 2.50 bits per heavy atom. The van der Waals surface area contributed by atoms with Gasteiger partial charge in [-0.05, 0) is 30.7 Å². The molecular weight excluding hydrogens is 280 g/mol. The normalized spacial score (nSPS) is 11.8. The Balaban J connectivity index is 2.60. The molecule has 0 fully saturated rings. The zero-order valence-corrected chi connectivity index (χ0v) is 11.0. The van der Waals surface area contributed by atoms with E-state index in [2.05, 4.69) is 4.74 Å². The average Bonchev–Trinajstić information content (AvgIpc) is 2.37. The lowest BCUT2D eigenvalue weighted by atomic mass is 10.0. The second kappa shape index (κ2) is 6.69. The number of carbonyl (C=O) groups is 1. The van der Waals surface area contributed by atoms with E-state index >= 15 is 0 Å². The molecule has 0 saturated carbocycles. The van der Waals surface area contributed by atoms with Crippen LogP contribution in [0.4, 0.5) is 17.6 Å². The van der Waals surface area contributed by atoms with Gasteiger partial charge in [-0.1, -0.05) is 0 Å². The molecule has 0 unspecified atom stereocenters. The van der Waals surface area contributed by atoms with Crippen LogP contribution < -0.4 is 4.74 Å². The molecule has 0 aliphatic carbocycles. The zero-order valence-electron chi connectivity index (χ0n) is 11.0. The van der Waals surface area contributed by atoms with Crippen molar-refractivity contribution in [2.24, 2.45) is 0 Å². The molecule has 0 aromatic heterocycles. The highest BCUT2D eigenvalue weighted by atomic mass is 19.3. The van der Waals surface area contributed by atoms with Gasteiger partial charge >= 0.3 is 12.3 Å². The molecule has 0 N–H and O–H groups in total. The smallest absolute Gasteiger partial charge is 0.330 e. The van der Waals surface area contributed by atoms with Gasteiger partial charge in [-0.15, -0.1) is 0 Å². The van der Waals surface area contributed by atoms with Crippen molar-refractivity contribution in [3.63, 3.8) is 0 Å². The Morgan fingerprint density at radius 2 is 2.00 bits per heavy atom. The molecule has 7 heteroatoms. The number of carbonyl (C=O) groups excluding carboxylic acids is 1. The third-order valence-electron chi connectivity index (χ3n) is 2.58. The maximum absolute atomic E-state index is 12.6. The summed E-state index contributed by atoms with van der Waals surface area (Å²) in [6.45, 7) is -0.537. The Labute approximate surface area is 113 Å². The molecule has 0 bridgehead atoms. The van der Waals surface area contributed by atoms with Gasteiger partial charge in [-0.25, -0.2) is 8.78 Å². The third kappa shape index (κ3) is 4.19. The Morgan fingerprint density at radius 1 is 1.35 bits per heavy atom. The molecule has 3 nitrogen and oxygen atoms in total. The SMILES string of the molecule is COc1ccc(C(=O)COCC(F)(F)C(F)F)c(C)c1. The van der Waals surface area contributed by atoms with E-state index in [0.717, 1.165) is 0 Å². The van der Waals surface area contributed by atoms with E-state index in [1.165, 1.54) is 19.2 Å². The lowest BCUT2D eigenvalue weighted by molar-refractivity contribution is -0.163. The fourth-order valence-electron chi connectivity index (χ4n) is 1.50. The number of alkyl halides is 4. The van der Waals surface area contributed by atoms with Gasteiger partial charge in [-0.3, -0.25) is 4.79 Å². The summed E-state index contributed by atoms with van der Waals surface area (Å²) in [5.74, 6) is -4.27. The molecule has 1 aromatic rings. The van der Waals surface area contributed by atoms with Crippen LogP contribution in [-0.2, 0) is 4.74 Å². The fraction of sp³-hybridized carbons (Fsp3) is 0.462. The summed E-state index contributed by atoms with van der Waals surface area (Å²) in [6.07, 6.45) is -3.82. The molecule has 0 aliphatic rings. The highest BCUT2D eigenvalue weighted by Gasteiger charge is 2.41. The van der Waals surface area contributed by atoms with Gasteiger partial charge in [0.05, 0.1) is 7.11 Å². The van der Waals surface area contributed by atoms with Crippen molar-refractivity contribution < 1.29 is 31.8 Å². The molecule has 0 radical (unpaired) electrons. The summed E-state index contributed by atoms with van der Waals surface area (Å²) in [4.78, 5) is 11.7. The van der Waals surface area contributed by atoms with E-state index < -0.39 is 31.3 Å². The minimum atomic E-state index is -4.25. The van der Waals surface area contributed by atoms with E-state index in [1.54, 1.807) is 13.0 Å². The van der Waals surface area contributed by atoms with E-state index in [4.69, 9.17) is 4.74 Å². The fourth-order valence-corrected chi connectivity index (χ4v) is 1.50. The molecule has 0 heterocycles. The van der Waals surface area contributed by atoms with Crippen molar-refractivity contribution >= 4 is 5.78 Å². The minimum absolute atomic E-state index is 0.270. The van der Waals surface area contributed by atoms with Crippen molar-refractivity contribution in [2.75, 3.05) is 20.3 Å². The monoisotopic (exact) mass is 294 g/mol. The highest BCUT2D eigenvalue weighted by Crippen LogP contribution is 2.23. The largest absolute Gasteiger partial charge is 0.497 e. The summed E-state index contributed by atoms with van der Waals surface area (Å²) in [7, 11) is 1.46. The number of hydrogen-bond donors (Lipinski definition) is 0. The molecule has 0 atom stereocenters. The number of halogens is 4. The van der Waals surface area contributed by atoms with Gasteiger partial charge < -0.3 is 9.47 Å². The van der Waals surface area contributed by atoms with Crippen LogP contribution in [-0.4, -0.2) is 38.5 Å². The summed E-state index contributed by atoms with van der Waals surface area (Å²) in [5, 5.41) is 0. The molecule has 1 rings (SSSR count). The number of ketones is 1. The summed E-state index contributed by atoms with van der Waals surface area (Å²) >= 11 is 0. The van der Waals surface area contributed by atoms with E-state index in [9.17, 15) is 22.4 Å². The second-order valence-electron chi connectivity index (χ2n) is 4.16. The van der Waals surface area contributed by atoms with Crippen molar-refractivity contribution in [1.29, 1.82) is 0 Å². The van der Waals surface area contributed by atoms with Crippen LogP contribution in [0.3, 0.4) is 0 Å². The van der Waals surface area contributed by atoms with Crippen LogP contribution in [0.5, 0.6) is 5.75 Å². The van der Waals surface area contributed by atoms with Crippen LogP contribution in [0.1, 0.15) is 15.9 Å². The lowest BCUT2D eigenvalue weighted by Crippen LogP contribution is -2.33. The summed E-state index contributed by atoms with van der Waals surface area (Å²) in [6, 6.07) is 4.60. The Bertz CT molecular complexity index is 475. The highest BCUT2D eigenvalue weighted by molar-refractivity contribution is 5.98. The van der Waals surface area contributed by atoms with Crippen molar-refractivity contribution in [3.8, 4) is 5.75 Å². The number of benzene rings is 1. The van der Waals surface area contributed by atoms with Gasteiger partial charge in [0.1, 0.15) is 19.0 Å². The first-order chi connectivity index (χ1) is 9.27. The van der Waals surface area contributed by atoms with Crippen molar-refractivity contribution in [1.82, 2.24) is 0 Å². The average molecular weight is 294 g/mol. The molecule has 0 saturated heterocycles. The first kappa shape index (κ1) is 16.4. The molecule has 1 aromatic carbocycles. The van der Waals surface area contributed by atoms with Crippen LogP contribution in [0.15, 0.2) is 18.2 Å². The topological polar surface area (TPSA) is 35.5 Å². The summed E-state index contributed by atoms with van der Waals surface area (Å²) in [5.41, 5.74) is 0.852. The number of rotatable bonds is 7. The predicted molar refractivity (Wildman–Crippen MR) is 63.8 cm³/mol. The van der Waals surface area contributed by atoms with E-state index in [-0.39, 0.29) is 5.56 Å². The van der Waals surface area contributed by atoms with Gasteiger partial charge in [0.15, 0.2) is 5.78 Å². The molecule has 112 valence electrons. The van der Waals surface area contributed by atoms with Crippen molar-refractivity contribution in [2.45, 2.75) is 19.3 Å². The molecular formula is C13H14F4O3. The maximum atomic E-state index is 12.6. The zero-order chi connectivity index (χ0) is 15.3.